The molecule has 3 N–H and O–H groups in total. The van der Waals surface area contributed by atoms with Crippen LogP contribution in [0.15, 0.2) is 47.5 Å². The van der Waals surface area contributed by atoms with Gasteiger partial charge in [0.2, 0.25) is 5.91 Å². The van der Waals surface area contributed by atoms with Crippen molar-refractivity contribution in [1.29, 1.82) is 0 Å². The molecule has 0 bridgehead atoms. The fraction of sp³-hybridized carbons (Fsp3) is 0.364. The van der Waals surface area contributed by atoms with E-state index in [2.05, 4.69) is 20.9 Å². The van der Waals surface area contributed by atoms with E-state index < -0.39 is 0 Å². The van der Waals surface area contributed by atoms with Crippen molar-refractivity contribution < 1.29 is 19.0 Å². The smallest absolute Gasteiger partial charge is 0.242 e. The van der Waals surface area contributed by atoms with E-state index >= 15 is 0 Å². The first-order valence-corrected chi connectivity index (χ1v) is 10.0. The van der Waals surface area contributed by atoms with Crippen molar-refractivity contribution in [3.05, 3.63) is 48.0 Å². The number of carbonyl (C=O) groups excluding carboxylic acids is 1. The Morgan fingerprint density at radius 3 is 2.57 bits per heavy atom. The summed E-state index contributed by atoms with van der Waals surface area (Å²) in [6.07, 6.45) is 0.854. The first kappa shape index (κ1) is 21.3. The van der Waals surface area contributed by atoms with Gasteiger partial charge in [0.15, 0.2) is 17.5 Å². The minimum atomic E-state index is -0.165. The molecular weight excluding hydrogens is 384 g/mol. The van der Waals surface area contributed by atoms with Crippen molar-refractivity contribution in [1.82, 2.24) is 10.6 Å². The van der Waals surface area contributed by atoms with Crippen LogP contribution in [0.3, 0.4) is 0 Å². The minimum absolute atomic E-state index is 0.00996. The Morgan fingerprint density at radius 2 is 1.83 bits per heavy atom. The van der Waals surface area contributed by atoms with Crippen LogP contribution in [0.5, 0.6) is 17.2 Å². The third-order valence-corrected chi connectivity index (χ3v) is 4.38. The Kier molecular flexibility index (Phi) is 7.77. The van der Waals surface area contributed by atoms with Gasteiger partial charge in [-0.25, -0.2) is 4.99 Å². The van der Waals surface area contributed by atoms with Crippen LogP contribution in [0.4, 0.5) is 5.69 Å². The minimum Gasteiger partial charge on any atom is -0.497 e. The Morgan fingerprint density at radius 1 is 1.07 bits per heavy atom. The average molecular weight is 412 g/mol. The van der Waals surface area contributed by atoms with Gasteiger partial charge in [0.05, 0.1) is 20.3 Å². The molecule has 0 spiro atoms. The van der Waals surface area contributed by atoms with Gasteiger partial charge >= 0.3 is 0 Å². The van der Waals surface area contributed by atoms with Gasteiger partial charge in [-0.3, -0.25) is 4.79 Å². The maximum absolute atomic E-state index is 12.2. The van der Waals surface area contributed by atoms with E-state index in [0.29, 0.717) is 38.0 Å². The zero-order valence-corrected chi connectivity index (χ0v) is 17.4. The van der Waals surface area contributed by atoms with Gasteiger partial charge in [0.1, 0.15) is 12.3 Å². The first-order chi connectivity index (χ1) is 14.7. The van der Waals surface area contributed by atoms with Crippen LogP contribution in [0, 0.1) is 0 Å². The zero-order valence-electron chi connectivity index (χ0n) is 17.4. The number of fused-ring (bicyclic) bond motifs is 1. The number of guanidine groups is 1. The number of nitrogens with zero attached hydrogens (tertiary/aromatic N) is 1. The van der Waals surface area contributed by atoms with Gasteiger partial charge in [0.25, 0.3) is 0 Å². The number of hydrogen-bond donors (Lipinski definition) is 3. The van der Waals surface area contributed by atoms with E-state index in [1.54, 1.807) is 7.11 Å². The lowest BCUT2D eigenvalue weighted by Gasteiger charge is -2.13. The third kappa shape index (κ3) is 6.30. The highest BCUT2D eigenvalue weighted by atomic mass is 16.5. The lowest BCUT2D eigenvalue weighted by atomic mass is 10.2. The maximum atomic E-state index is 12.2. The molecule has 1 heterocycles. The molecule has 0 radical (unpaired) electrons. The number of rotatable bonds is 7. The Hall–Kier alpha value is -3.42. The number of aliphatic imine (C=N–C) groups is 1. The van der Waals surface area contributed by atoms with Gasteiger partial charge in [-0.1, -0.05) is 12.1 Å². The maximum Gasteiger partial charge on any atom is 0.242 e. The molecule has 2 aromatic rings. The van der Waals surface area contributed by atoms with Crippen molar-refractivity contribution in [3.8, 4) is 17.2 Å². The molecule has 1 aliphatic rings. The molecular formula is C22H28N4O4. The number of carbonyl (C=O) groups is 1. The number of hydrogen-bond acceptors (Lipinski definition) is 5. The van der Waals surface area contributed by atoms with Gasteiger partial charge in [-0.2, -0.15) is 0 Å². The normalized spacial score (nSPS) is 13.2. The molecule has 160 valence electrons. The quantitative estimate of drug-likeness (QED) is 0.478. The number of ether oxygens (including phenoxy) is 3. The summed E-state index contributed by atoms with van der Waals surface area (Å²) in [5.41, 5.74) is 1.79. The molecule has 0 unspecified atom stereocenters. The van der Waals surface area contributed by atoms with Crippen molar-refractivity contribution >= 4 is 17.6 Å². The SMILES string of the molecule is CCNC(=NCC(=O)NCc1ccc(OC)cc1)Nc1ccc2c(c1)OCCCO2. The summed E-state index contributed by atoms with van der Waals surface area (Å²) >= 11 is 0. The second-order valence-corrected chi connectivity index (χ2v) is 6.66. The molecule has 0 saturated heterocycles. The molecule has 0 atom stereocenters. The number of methoxy groups -OCH3 is 1. The van der Waals surface area contributed by atoms with Gasteiger partial charge < -0.3 is 30.2 Å². The molecule has 0 aromatic heterocycles. The molecule has 0 fully saturated rings. The summed E-state index contributed by atoms with van der Waals surface area (Å²) in [6.45, 7) is 4.35. The second kappa shape index (κ2) is 10.9. The lowest BCUT2D eigenvalue weighted by molar-refractivity contribution is -0.119. The predicted molar refractivity (Wildman–Crippen MR) is 116 cm³/mol. The molecule has 3 rings (SSSR count). The van der Waals surface area contributed by atoms with Crippen LogP contribution in [0.2, 0.25) is 0 Å². The Bertz CT molecular complexity index is 868. The standard InChI is InChI=1S/C22H28N4O4/c1-3-23-22(26-17-7-10-19-20(13-17)30-12-4-11-29-19)25-15-21(27)24-14-16-5-8-18(28-2)9-6-16/h5-10,13H,3-4,11-12,14-15H2,1-2H3,(H,24,27)(H2,23,25,26). The van der Waals surface area contributed by atoms with E-state index in [-0.39, 0.29) is 12.5 Å². The molecule has 8 heteroatoms. The Balaban J connectivity index is 1.55. The van der Waals surface area contributed by atoms with Crippen LogP contribution < -0.4 is 30.2 Å². The molecule has 30 heavy (non-hydrogen) atoms. The molecule has 1 aliphatic heterocycles. The fourth-order valence-corrected chi connectivity index (χ4v) is 2.84. The summed E-state index contributed by atoms with van der Waals surface area (Å²) in [6, 6.07) is 13.2. The lowest BCUT2D eigenvalue weighted by Crippen LogP contribution is -2.33. The van der Waals surface area contributed by atoms with Crippen molar-refractivity contribution in [3.63, 3.8) is 0 Å². The topological polar surface area (TPSA) is 93.2 Å². The van der Waals surface area contributed by atoms with E-state index in [9.17, 15) is 4.79 Å². The molecule has 0 saturated carbocycles. The highest BCUT2D eigenvalue weighted by Gasteiger charge is 2.11. The Labute approximate surface area is 176 Å². The van der Waals surface area contributed by atoms with Gasteiger partial charge in [-0.15, -0.1) is 0 Å². The van der Waals surface area contributed by atoms with Crippen LogP contribution in [0.1, 0.15) is 18.9 Å². The summed E-state index contributed by atoms with van der Waals surface area (Å²) < 4.78 is 16.5. The zero-order chi connectivity index (χ0) is 21.2. The van der Waals surface area contributed by atoms with Gasteiger partial charge in [-0.05, 0) is 36.8 Å². The highest BCUT2D eigenvalue weighted by Crippen LogP contribution is 2.32. The number of benzene rings is 2. The molecule has 8 nitrogen and oxygen atoms in total. The largest absolute Gasteiger partial charge is 0.497 e. The highest BCUT2D eigenvalue weighted by molar-refractivity contribution is 5.95. The summed E-state index contributed by atoms with van der Waals surface area (Å²) in [4.78, 5) is 16.6. The summed E-state index contributed by atoms with van der Waals surface area (Å²) in [7, 11) is 1.62. The fourth-order valence-electron chi connectivity index (χ4n) is 2.84. The van der Waals surface area contributed by atoms with Crippen molar-refractivity contribution in [2.75, 3.05) is 38.7 Å². The van der Waals surface area contributed by atoms with E-state index in [4.69, 9.17) is 14.2 Å². The van der Waals surface area contributed by atoms with Crippen LogP contribution in [-0.2, 0) is 11.3 Å². The van der Waals surface area contributed by atoms with E-state index in [1.807, 2.05) is 49.4 Å². The third-order valence-electron chi connectivity index (χ3n) is 4.38. The van der Waals surface area contributed by atoms with Crippen LogP contribution >= 0.6 is 0 Å². The summed E-state index contributed by atoms with van der Waals surface area (Å²) in [5, 5.41) is 9.21. The van der Waals surface area contributed by atoms with Gasteiger partial charge in [0, 0.05) is 31.3 Å². The molecule has 2 aromatic carbocycles. The average Bonchev–Trinajstić information content (AvgIpc) is 3.01. The molecule has 0 aliphatic carbocycles. The first-order valence-electron chi connectivity index (χ1n) is 10.0. The van der Waals surface area contributed by atoms with Crippen LogP contribution in [-0.4, -0.2) is 45.3 Å². The number of nitrogens with one attached hydrogen (secondary N) is 3. The monoisotopic (exact) mass is 412 g/mol. The number of anilines is 1. The number of amides is 1. The molecule has 1 amide bonds. The summed E-state index contributed by atoms with van der Waals surface area (Å²) in [5.74, 6) is 2.57. The van der Waals surface area contributed by atoms with E-state index in [1.165, 1.54) is 0 Å². The van der Waals surface area contributed by atoms with Crippen molar-refractivity contribution in [2.45, 2.75) is 19.9 Å². The van der Waals surface area contributed by atoms with Crippen LogP contribution in [0.25, 0.3) is 0 Å². The van der Waals surface area contributed by atoms with Crippen molar-refractivity contribution in [2.24, 2.45) is 4.99 Å². The predicted octanol–water partition coefficient (Wildman–Crippen LogP) is 2.55. The second-order valence-electron chi connectivity index (χ2n) is 6.66. The van der Waals surface area contributed by atoms with E-state index in [0.717, 1.165) is 29.2 Å².